The molecular weight excluding hydrogens is 208 g/mol. The van der Waals surface area contributed by atoms with Crippen LogP contribution in [-0.4, -0.2) is 18.1 Å². The third-order valence-electron chi connectivity index (χ3n) is 1.90. The van der Waals surface area contributed by atoms with Gasteiger partial charge in [-0.2, -0.15) is 0 Å². The lowest BCUT2D eigenvalue weighted by Crippen LogP contribution is -2.12. The Hall–Kier alpha value is -0.450. The second-order valence-corrected chi connectivity index (χ2v) is 4.65. The Kier molecular flexibility index (Phi) is 6.55. The Balaban J connectivity index is 2.23. The predicted octanol–water partition coefficient (Wildman–Crippen LogP) is 2.57. The number of nitrogens with one attached hydrogen (secondary N) is 1. The first-order valence-corrected chi connectivity index (χ1v) is 6.40. The second-order valence-electron chi connectivity index (χ2n) is 3.45. The van der Waals surface area contributed by atoms with Crippen LogP contribution in [0.3, 0.4) is 0 Å². The average Bonchev–Trinajstić information content (AvgIpc) is 2.67. The van der Waals surface area contributed by atoms with Crippen molar-refractivity contribution in [2.24, 2.45) is 0 Å². The van der Waals surface area contributed by atoms with Gasteiger partial charge < -0.3 is 10.1 Å². The number of nitrogens with zero attached hydrogens (tertiary/aromatic N) is 1. The van der Waals surface area contributed by atoms with Crippen molar-refractivity contribution in [3.05, 3.63) is 16.1 Å². The minimum absolute atomic E-state index is 0.659. The molecule has 0 bridgehead atoms. The zero-order chi connectivity index (χ0) is 10.9. The van der Waals surface area contributed by atoms with Crippen molar-refractivity contribution in [3.63, 3.8) is 0 Å². The van der Waals surface area contributed by atoms with Gasteiger partial charge >= 0.3 is 0 Å². The van der Waals surface area contributed by atoms with Crippen LogP contribution in [0.4, 0.5) is 0 Å². The molecule has 1 aromatic heterocycles. The van der Waals surface area contributed by atoms with Crippen LogP contribution in [0.1, 0.15) is 36.6 Å². The molecule has 1 aromatic rings. The lowest BCUT2D eigenvalue weighted by Gasteiger charge is -1.98. The molecule has 0 aliphatic rings. The largest absolute Gasteiger partial charge is 0.374 e. The molecule has 0 amide bonds. The first-order valence-electron chi connectivity index (χ1n) is 5.58. The number of hydrogen-bond acceptors (Lipinski definition) is 4. The molecule has 0 atom stereocenters. The van der Waals surface area contributed by atoms with E-state index in [1.807, 2.05) is 6.20 Å². The fourth-order valence-corrected chi connectivity index (χ4v) is 2.02. The van der Waals surface area contributed by atoms with Crippen LogP contribution in [-0.2, 0) is 17.9 Å². The lowest BCUT2D eigenvalue weighted by atomic mass is 10.4. The fraction of sp³-hybridized carbons (Fsp3) is 0.727. The summed E-state index contributed by atoms with van der Waals surface area (Å²) in [6.07, 6.45) is 4.18. The molecule has 0 radical (unpaired) electrons. The molecule has 1 heterocycles. The van der Waals surface area contributed by atoms with Gasteiger partial charge in [-0.15, -0.1) is 11.3 Å². The molecule has 86 valence electrons. The molecule has 0 saturated heterocycles. The van der Waals surface area contributed by atoms with Gasteiger partial charge in [0.1, 0.15) is 5.01 Å². The van der Waals surface area contributed by atoms with E-state index < -0.39 is 0 Å². The molecule has 0 aromatic carbocycles. The van der Waals surface area contributed by atoms with Crippen molar-refractivity contribution >= 4 is 11.3 Å². The van der Waals surface area contributed by atoms with Gasteiger partial charge in [0.05, 0.1) is 6.61 Å². The zero-order valence-corrected chi connectivity index (χ0v) is 10.4. The van der Waals surface area contributed by atoms with E-state index in [0.717, 1.165) is 31.1 Å². The highest BCUT2D eigenvalue weighted by molar-refractivity contribution is 7.11. The van der Waals surface area contributed by atoms with Crippen molar-refractivity contribution in [3.8, 4) is 0 Å². The van der Waals surface area contributed by atoms with Gasteiger partial charge in [0.15, 0.2) is 0 Å². The van der Waals surface area contributed by atoms with Crippen LogP contribution in [0.2, 0.25) is 0 Å². The summed E-state index contributed by atoms with van der Waals surface area (Å²) in [5.41, 5.74) is 0. The van der Waals surface area contributed by atoms with E-state index in [2.05, 4.69) is 24.1 Å². The monoisotopic (exact) mass is 228 g/mol. The Morgan fingerprint density at radius 2 is 2.27 bits per heavy atom. The Morgan fingerprint density at radius 3 is 3.00 bits per heavy atom. The topological polar surface area (TPSA) is 34.2 Å². The number of hydrogen-bond donors (Lipinski definition) is 1. The molecule has 0 fully saturated rings. The van der Waals surface area contributed by atoms with Gasteiger partial charge in [-0.25, -0.2) is 4.98 Å². The summed E-state index contributed by atoms with van der Waals surface area (Å²) in [6.45, 7) is 7.76. The molecule has 1 N–H and O–H groups in total. The van der Waals surface area contributed by atoms with Gasteiger partial charge in [0, 0.05) is 24.2 Å². The zero-order valence-electron chi connectivity index (χ0n) is 9.58. The SMILES string of the molecule is CCCNCc1cnc(COCCC)s1. The summed E-state index contributed by atoms with van der Waals surface area (Å²) in [7, 11) is 0. The minimum atomic E-state index is 0.659. The molecule has 0 saturated carbocycles. The summed E-state index contributed by atoms with van der Waals surface area (Å²) >= 11 is 1.74. The van der Waals surface area contributed by atoms with Crippen molar-refractivity contribution in [1.82, 2.24) is 10.3 Å². The minimum Gasteiger partial charge on any atom is -0.374 e. The lowest BCUT2D eigenvalue weighted by molar-refractivity contribution is 0.121. The summed E-state index contributed by atoms with van der Waals surface area (Å²) in [5, 5.41) is 4.44. The third kappa shape index (κ3) is 5.25. The molecule has 0 aliphatic heterocycles. The molecule has 3 nitrogen and oxygen atoms in total. The van der Waals surface area contributed by atoms with Gasteiger partial charge in [-0.3, -0.25) is 0 Å². The molecule has 4 heteroatoms. The number of aromatic nitrogens is 1. The van der Waals surface area contributed by atoms with E-state index in [1.165, 1.54) is 11.3 Å². The van der Waals surface area contributed by atoms with Gasteiger partial charge in [0.25, 0.3) is 0 Å². The second kappa shape index (κ2) is 7.79. The summed E-state index contributed by atoms with van der Waals surface area (Å²) in [5.74, 6) is 0. The van der Waals surface area contributed by atoms with Crippen molar-refractivity contribution in [2.75, 3.05) is 13.2 Å². The van der Waals surface area contributed by atoms with Crippen LogP contribution in [0.5, 0.6) is 0 Å². The maximum Gasteiger partial charge on any atom is 0.119 e. The van der Waals surface area contributed by atoms with Crippen molar-refractivity contribution in [1.29, 1.82) is 0 Å². The highest BCUT2D eigenvalue weighted by Gasteiger charge is 2.01. The Morgan fingerprint density at radius 1 is 1.40 bits per heavy atom. The first kappa shape index (κ1) is 12.6. The summed E-state index contributed by atoms with van der Waals surface area (Å²) in [6, 6.07) is 0. The van der Waals surface area contributed by atoms with Crippen molar-refractivity contribution < 1.29 is 4.74 Å². The number of ether oxygens (including phenoxy) is 1. The number of rotatable bonds is 8. The van der Waals surface area contributed by atoms with E-state index >= 15 is 0 Å². The van der Waals surface area contributed by atoms with E-state index in [-0.39, 0.29) is 0 Å². The average molecular weight is 228 g/mol. The molecule has 0 spiro atoms. The molecule has 15 heavy (non-hydrogen) atoms. The van der Waals surface area contributed by atoms with Crippen LogP contribution >= 0.6 is 11.3 Å². The van der Waals surface area contributed by atoms with Gasteiger partial charge in [0.2, 0.25) is 0 Å². The fourth-order valence-electron chi connectivity index (χ4n) is 1.19. The van der Waals surface area contributed by atoms with Crippen LogP contribution in [0, 0.1) is 0 Å². The van der Waals surface area contributed by atoms with E-state index in [9.17, 15) is 0 Å². The maximum atomic E-state index is 5.44. The third-order valence-corrected chi connectivity index (χ3v) is 2.87. The molecular formula is C11H20N2OS. The Bertz CT molecular complexity index is 238. The summed E-state index contributed by atoms with van der Waals surface area (Å²) in [4.78, 5) is 5.61. The van der Waals surface area contributed by atoms with Crippen LogP contribution in [0.15, 0.2) is 6.20 Å². The van der Waals surface area contributed by atoms with Crippen LogP contribution in [0.25, 0.3) is 0 Å². The molecule has 1 rings (SSSR count). The first-order chi connectivity index (χ1) is 7.36. The predicted molar refractivity (Wildman–Crippen MR) is 64.1 cm³/mol. The van der Waals surface area contributed by atoms with Gasteiger partial charge in [-0.1, -0.05) is 13.8 Å². The normalized spacial score (nSPS) is 10.8. The van der Waals surface area contributed by atoms with Crippen molar-refractivity contribution in [2.45, 2.75) is 39.8 Å². The molecule has 0 unspecified atom stereocenters. The van der Waals surface area contributed by atoms with Gasteiger partial charge in [-0.05, 0) is 19.4 Å². The maximum absolute atomic E-state index is 5.44. The smallest absolute Gasteiger partial charge is 0.119 e. The highest BCUT2D eigenvalue weighted by atomic mass is 32.1. The van der Waals surface area contributed by atoms with E-state index in [0.29, 0.717) is 6.61 Å². The Labute approximate surface area is 95.9 Å². The van der Waals surface area contributed by atoms with E-state index in [4.69, 9.17) is 4.74 Å². The van der Waals surface area contributed by atoms with Crippen LogP contribution < -0.4 is 5.32 Å². The van der Waals surface area contributed by atoms with E-state index in [1.54, 1.807) is 11.3 Å². The standard InChI is InChI=1S/C11H20N2OS/c1-3-5-12-7-10-8-13-11(15-10)9-14-6-4-2/h8,12H,3-7,9H2,1-2H3. The quantitative estimate of drug-likeness (QED) is 0.694. The molecule has 0 aliphatic carbocycles. The summed E-state index contributed by atoms with van der Waals surface area (Å²) < 4.78 is 5.44. The number of thiazole rings is 1. The highest BCUT2D eigenvalue weighted by Crippen LogP contribution is 2.13.